The Labute approximate surface area is 167 Å². The zero-order valence-corrected chi connectivity index (χ0v) is 16.3. The number of nitrogens with zero attached hydrogens (tertiary/aromatic N) is 2. The van der Waals surface area contributed by atoms with E-state index in [2.05, 4.69) is 28.0 Å². The number of carbonyl (C=O) groups is 2. The highest BCUT2D eigenvalue weighted by atomic mass is 16.1. The summed E-state index contributed by atoms with van der Waals surface area (Å²) in [6, 6.07) is 18.2. The van der Waals surface area contributed by atoms with Gasteiger partial charge >= 0.3 is 0 Å². The van der Waals surface area contributed by atoms with Gasteiger partial charge in [-0.25, -0.2) is 0 Å². The van der Waals surface area contributed by atoms with Crippen LogP contribution in [0.2, 0.25) is 0 Å². The minimum absolute atomic E-state index is 0.0957. The highest BCUT2D eigenvalue weighted by Crippen LogP contribution is 2.33. The van der Waals surface area contributed by atoms with Gasteiger partial charge in [0.05, 0.1) is 12.6 Å². The molecule has 146 valence electrons. The third kappa shape index (κ3) is 4.40. The lowest BCUT2D eigenvalue weighted by atomic mass is 9.95. The molecule has 0 bridgehead atoms. The molecule has 2 aliphatic rings. The molecule has 2 aliphatic heterocycles. The number of aldehydes is 1. The lowest BCUT2D eigenvalue weighted by Crippen LogP contribution is -2.41. The third-order valence-electron chi connectivity index (χ3n) is 6.11. The van der Waals surface area contributed by atoms with Crippen molar-refractivity contribution in [2.75, 3.05) is 26.2 Å². The molecule has 4 rings (SSSR count). The van der Waals surface area contributed by atoms with E-state index in [1.54, 1.807) is 0 Å². The second-order valence-corrected chi connectivity index (χ2v) is 8.13. The van der Waals surface area contributed by atoms with Crippen LogP contribution in [0.1, 0.15) is 35.6 Å². The molecule has 0 saturated carbocycles. The topological polar surface area (TPSA) is 40.6 Å². The minimum Gasteiger partial charge on any atom is -0.301 e. The van der Waals surface area contributed by atoms with E-state index >= 15 is 0 Å². The second-order valence-electron chi connectivity index (χ2n) is 8.13. The molecule has 0 radical (unpaired) electrons. The summed E-state index contributed by atoms with van der Waals surface area (Å²) in [4.78, 5) is 28.6. The highest BCUT2D eigenvalue weighted by molar-refractivity contribution is 5.82. The Balaban J connectivity index is 1.25. The Morgan fingerprint density at radius 1 is 1.00 bits per heavy atom. The van der Waals surface area contributed by atoms with Gasteiger partial charge in [-0.1, -0.05) is 54.6 Å². The van der Waals surface area contributed by atoms with Gasteiger partial charge in [0.2, 0.25) is 0 Å². The minimum atomic E-state index is -0.0957. The van der Waals surface area contributed by atoms with Crippen LogP contribution in [0.4, 0.5) is 0 Å². The smallest absolute Gasteiger partial charge is 0.151 e. The van der Waals surface area contributed by atoms with Crippen molar-refractivity contribution in [3.05, 3.63) is 71.3 Å². The summed E-state index contributed by atoms with van der Waals surface area (Å²) in [5.41, 5.74) is 3.54. The Hall–Kier alpha value is -2.30. The van der Waals surface area contributed by atoms with Gasteiger partial charge in [-0.15, -0.1) is 0 Å². The summed E-state index contributed by atoms with van der Waals surface area (Å²) in [6.45, 7) is 4.32. The Bertz CT molecular complexity index is 812. The van der Waals surface area contributed by atoms with Crippen molar-refractivity contribution in [1.29, 1.82) is 0 Å². The molecule has 4 nitrogen and oxygen atoms in total. The molecule has 0 N–H and O–H groups in total. The Morgan fingerprint density at radius 2 is 1.71 bits per heavy atom. The Morgan fingerprint density at radius 3 is 2.46 bits per heavy atom. The van der Waals surface area contributed by atoms with E-state index in [-0.39, 0.29) is 6.04 Å². The fraction of sp³-hybridized carbons (Fsp3) is 0.417. The summed E-state index contributed by atoms with van der Waals surface area (Å²) < 4.78 is 0. The normalized spacial score (nSPS) is 20.8. The number of piperidine rings is 1. The predicted octanol–water partition coefficient (Wildman–Crippen LogP) is 3.27. The number of benzene rings is 2. The van der Waals surface area contributed by atoms with Gasteiger partial charge in [0.1, 0.15) is 6.29 Å². The molecule has 0 amide bonds. The number of carbonyl (C=O) groups excluding carboxylic acids is 2. The van der Waals surface area contributed by atoms with Crippen LogP contribution in [0.5, 0.6) is 0 Å². The van der Waals surface area contributed by atoms with Gasteiger partial charge in [0.25, 0.3) is 0 Å². The van der Waals surface area contributed by atoms with Crippen molar-refractivity contribution < 1.29 is 9.59 Å². The monoisotopic (exact) mass is 376 g/mol. The first kappa shape index (κ1) is 19.0. The van der Waals surface area contributed by atoms with Crippen LogP contribution in [-0.2, 0) is 22.6 Å². The van der Waals surface area contributed by atoms with Gasteiger partial charge in [-0.3, -0.25) is 14.6 Å². The standard InChI is InChI=1S/C24H28N2O2/c27-18-24-23-9-5-4-8-21(23)16-26(24)15-20-10-12-25(13-11-20)17-22(28)14-19-6-2-1-3-7-19/h1-9,18,20,24H,10-17H2. The number of likely N-dealkylation sites (tertiary alicyclic amines) is 1. The SMILES string of the molecule is O=CC1c2ccccc2CN1CC1CCN(CC(=O)Cc2ccccc2)CC1. The van der Waals surface area contributed by atoms with E-state index in [0.29, 0.717) is 24.7 Å². The number of hydrogen-bond acceptors (Lipinski definition) is 4. The lowest BCUT2D eigenvalue weighted by Gasteiger charge is -2.34. The van der Waals surface area contributed by atoms with Crippen LogP contribution in [0.25, 0.3) is 0 Å². The van der Waals surface area contributed by atoms with E-state index < -0.39 is 0 Å². The maximum atomic E-state index is 12.4. The van der Waals surface area contributed by atoms with Gasteiger partial charge in [0, 0.05) is 19.5 Å². The average Bonchev–Trinajstić information content (AvgIpc) is 3.07. The van der Waals surface area contributed by atoms with Crippen LogP contribution < -0.4 is 0 Å². The van der Waals surface area contributed by atoms with Crippen molar-refractivity contribution in [2.45, 2.75) is 31.8 Å². The van der Waals surface area contributed by atoms with Crippen LogP contribution in [0.15, 0.2) is 54.6 Å². The maximum absolute atomic E-state index is 12.4. The second kappa shape index (κ2) is 8.80. The van der Waals surface area contributed by atoms with Crippen molar-refractivity contribution in [1.82, 2.24) is 9.80 Å². The van der Waals surface area contributed by atoms with Gasteiger partial charge < -0.3 is 4.79 Å². The summed E-state index contributed by atoms with van der Waals surface area (Å²) in [6.07, 6.45) is 3.80. The molecule has 0 aliphatic carbocycles. The van der Waals surface area contributed by atoms with E-state index in [0.717, 1.165) is 50.9 Å². The largest absolute Gasteiger partial charge is 0.301 e. The zero-order valence-electron chi connectivity index (χ0n) is 16.3. The molecule has 2 aromatic carbocycles. The van der Waals surface area contributed by atoms with Crippen LogP contribution in [-0.4, -0.2) is 48.0 Å². The zero-order chi connectivity index (χ0) is 19.3. The summed E-state index contributed by atoms with van der Waals surface area (Å²) in [5.74, 6) is 0.887. The fourth-order valence-corrected chi connectivity index (χ4v) is 4.61. The Kier molecular flexibility index (Phi) is 5.98. The third-order valence-corrected chi connectivity index (χ3v) is 6.11. The van der Waals surface area contributed by atoms with Gasteiger partial charge in [-0.05, 0) is 48.5 Å². The lowest BCUT2D eigenvalue weighted by molar-refractivity contribution is -0.120. The van der Waals surface area contributed by atoms with Crippen LogP contribution in [0.3, 0.4) is 0 Å². The van der Waals surface area contributed by atoms with Crippen molar-refractivity contribution in [2.24, 2.45) is 5.92 Å². The predicted molar refractivity (Wildman–Crippen MR) is 110 cm³/mol. The molecule has 4 heteroatoms. The van der Waals surface area contributed by atoms with Crippen LogP contribution in [0, 0.1) is 5.92 Å². The van der Waals surface area contributed by atoms with Gasteiger partial charge in [0.15, 0.2) is 5.78 Å². The maximum Gasteiger partial charge on any atom is 0.151 e. The van der Waals surface area contributed by atoms with E-state index in [4.69, 9.17) is 0 Å². The highest BCUT2D eigenvalue weighted by Gasteiger charge is 2.32. The number of hydrogen-bond donors (Lipinski definition) is 0. The number of ketones is 1. The fourth-order valence-electron chi connectivity index (χ4n) is 4.61. The molecule has 2 aromatic rings. The van der Waals surface area contributed by atoms with Crippen LogP contribution >= 0.6 is 0 Å². The van der Waals surface area contributed by atoms with Crippen molar-refractivity contribution in [3.8, 4) is 0 Å². The molecule has 1 unspecified atom stereocenters. The molecule has 1 fully saturated rings. The quantitative estimate of drug-likeness (QED) is 0.696. The first-order valence-corrected chi connectivity index (χ1v) is 10.3. The summed E-state index contributed by atoms with van der Waals surface area (Å²) in [7, 11) is 0. The van der Waals surface area contributed by atoms with E-state index in [1.165, 1.54) is 11.1 Å². The molecule has 1 atom stereocenters. The summed E-state index contributed by atoms with van der Waals surface area (Å²) >= 11 is 0. The molecular weight excluding hydrogens is 348 g/mol. The number of fused-ring (bicyclic) bond motifs is 1. The van der Waals surface area contributed by atoms with Crippen molar-refractivity contribution in [3.63, 3.8) is 0 Å². The molecule has 0 aromatic heterocycles. The van der Waals surface area contributed by atoms with E-state index in [1.807, 2.05) is 36.4 Å². The number of rotatable bonds is 7. The molecule has 2 heterocycles. The molecule has 0 spiro atoms. The number of Topliss-reactive ketones (excluding diaryl/α,β-unsaturated/α-hetero) is 1. The van der Waals surface area contributed by atoms with E-state index in [9.17, 15) is 9.59 Å². The summed E-state index contributed by atoms with van der Waals surface area (Å²) in [5, 5.41) is 0. The molecule has 1 saturated heterocycles. The first-order valence-electron chi connectivity index (χ1n) is 10.3. The molecule has 28 heavy (non-hydrogen) atoms. The molecular formula is C24H28N2O2. The van der Waals surface area contributed by atoms with Crippen molar-refractivity contribution >= 4 is 12.1 Å². The first-order chi connectivity index (χ1) is 13.7. The average molecular weight is 377 g/mol. The van der Waals surface area contributed by atoms with Gasteiger partial charge in [-0.2, -0.15) is 0 Å².